The smallest absolute Gasteiger partial charge is 0.262 e. The molecule has 0 radical (unpaired) electrons. The Labute approximate surface area is 439 Å². The van der Waals surface area contributed by atoms with Crippen LogP contribution in [-0.4, -0.2) is 159 Å². The number of fused-ring (bicyclic) bond motifs is 2. The van der Waals surface area contributed by atoms with Crippen LogP contribution in [0.3, 0.4) is 0 Å². The summed E-state index contributed by atoms with van der Waals surface area (Å²) in [5.74, 6) is -0.145. The quantitative estimate of drug-likeness (QED) is 0.0877. The standard InChI is InChI=1S/C53H60ClN14O6P/c1-63-31-33(28-58-63)37-26-42(60-53-57-29-39(54)49(62-53)59-41-8-7-40-47(56-16-15-55-40)48(41)75(3,4)73)45(74-2)27-44(37)67-19-13-34(14-20-67)66-23-21-64(22-24-66)30-32-11-17-65(18-12-32)35-5-6-36-38(25-35)52(72)68(51(36)71)43-9-10-46(69)61-50(43)70/h5-8,15-16,25-29,31-32,34,43H,9-14,17-24,30H2,1-4H3,(H,61,69,70)(H2,57,59,60,62)/t43-/m0/s1. The lowest BCUT2D eigenvalue weighted by molar-refractivity contribution is -0.136. The van der Waals surface area contributed by atoms with Gasteiger partial charge < -0.3 is 34.6 Å². The summed E-state index contributed by atoms with van der Waals surface area (Å²) >= 11 is 6.68. The van der Waals surface area contributed by atoms with Gasteiger partial charge in [0.2, 0.25) is 17.8 Å². The van der Waals surface area contributed by atoms with Crippen molar-refractivity contribution in [1.29, 1.82) is 0 Å². The van der Waals surface area contributed by atoms with Crippen molar-refractivity contribution in [3.63, 3.8) is 0 Å². The van der Waals surface area contributed by atoms with Gasteiger partial charge in [0.1, 0.15) is 29.5 Å². The van der Waals surface area contributed by atoms with Gasteiger partial charge in [0.25, 0.3) is 11.8 Å². The van der Waals surface area contributed by atoms with Crippen LogP contribution in [0.5, 0.6) is 5.75 Å². The lowest BCUT2D eigenvalue weighted by Crippen LogP contribution is -2.54. The van der Waals surface area contributed by atoms with Crippen LogP contribution in [0, 0.1) is 5.92 Å². The first kappa shape index (κ1) is 50.2. The van der Waals surface area contributed by atoms with Gasteiger partial charge >= 0.3 is 0 Å². The molecule has 0 unspecified atom stereocenters. The number of ether oxygens (including phenoxy) is 1. The molecule has 0 spiro atoms. The summed E-state index contributed by atoms with van der Waals surface area (Å²) in [6.07, 6.45) is 13.0. The molecule has 4 fully saturated rings. The van der Waals surface area contributed by atoms with Crippen LogP contribution in [-0.2, 0) is 21.2 Å². The van der Waals surface area contributed by atoms with Crippen molar-refractivity contribution >= 4 is 93.2 Å². The fraction of sp³-hybridized carbons (Fsp3) is 0.415. The highest BCUT2D eigenvalue weighted by Crippen LogP contribution is 2.44. The van der Waals surface area contributed by atoms with Gasteiger partial charge in [0.15, 0.2) is 5.82 Å². The second-order valence-corrected chi connectivity index (χ2v) is 24.1. The Morgan fingerprint density at radius 1 is 0.787 bits per heavy atom. The van der Waals surface area contributed by atoms with Crippen molar-refractivity contribution in [2.45, 2.75) is 50.6 Å². The maximum atomic E-state index is 13.6. The normalized spacial score (nSPS) is 19.5. The van der Waals surface area contributed by atoms with Gasteiger partial charge in [-0.25, -0.2) is 4.98 Å². The highest BCUT2D eigenvalue weighted by Gasteiger charge is 2.45. The zero-order chi connectivity index (χ0) is 52.1. The predicted octanol–water partition coefficient (Wildman–Crippen LogP) is 6.12. The zero-order valence-electron chi connectivity index (χ0n) is 42.5. The molecule has 5 aliphatic rings. The molecule has 0 saturated carbocycles. The Bertz CT molecular complexity index is 3270. The molecular weight excluding hydrogens is 995 g/mol. The summed E-state index contributed by atoms with van der Waals surface area (Å²) in [7, 11) is 0.727. The third-order valence-corrected chi connectivity index (χ3v) is 17.2. The van der Waals surface area contributed by atoms with Crippen LogP contribution in [0.4, 0.5) is 34.5 Å². The van der Waals surface area contributed by atoms with Crippen molar-refractivity contribution in [1.82, 2.24) is 49.7 Å². The van der Waals surface area contributed by atoms with Crippen molar-refractivity contribution in [2.24, 2.45) is 13.0 Å². The molecule has 3 aromatic heterocycles. The monoisotopic (exact) mass is 1050 g/mol. The summed E-state index contributed by atoms with van der Waals surface area (Å²) in [6.45, 7) is 12.1. The maximum Gasteiger partial charge on any atom is 0.262 e. The summed E-state index contributed by atoms with van der Waals surface area (Å²) in [6, 6.07) is 12.7. The van der Waals surface area contributed by atoms with E-state index in [9.17, 15) is 23.7 Å². The number of amides is 4. The molecular formula is C53H60ClN14O6P. The van der Waals surface area contributed by atoms with Crippen LogP contribution in [0.25, 0.3) is 22.2 Å². The topological polar surface area (TPSA) is 216 Å². The SMILES string of the molecule is COc1cc(N2CCC(N3CCN(CC4CCN(c5ccc6c(c5)C(=O)N([C@H]5CCC(=O)NC5=O)C6=O)CC4)CC3)CC2)c(-c2cnn(C)c2)cc1Nc1ncc(Cl)c(Nc2ccc3nccnc3c2P(C)(C)=O)n1. The molecule has 4 amide bonds. The molecule has 3 aromatic carbocycles. The lowest BCUT2D eigenvalue weighted by atomic mass is 9.95. The third-order valence-electron chi connectivity index (χ3n) is 15.4. The number of piperidine rings is 3. The van der Waals surface area contributed by atoms with Crippen LogP contribution in [0.15, 0.2) is 73.4 Å². The van der Waals surface area contributed by atoms with Crippen molar-refractivity contribution in [3.8, 4) is 16.9 Å². The Balaban J connectivity index is 0.700. The van der Waals surface area contributed by atoms with E-state index in [1.54, 1.807) is 49.6 Å². The number of imide groups is 2. The molecule has 5 aliphatic heterocycles. The average molecular weight is 1060 g/mol. The van der Waals surface area contributed by atoms with E-state index >= 15 is 0 Å². The number of hydrogen-bond donors (Lipinski definition) is 3. The number of carbonyl (C=O) groups is 4. The van der Waals surface area contributed by atoms with E-state index in [0.29, 0.717) is 62.4 Å². The summed E-state index contributed by atoms with van der Waals surface area (Å²) in [5.41, 5.74) is 6.98. The number of carbonyl (C=O) groups excluding carboxylic acids is 4. The third kappa shape index (κ3) is 10.2. The minimum atomic E-state index is -2.84. The minimum absolute atomic E-state index is 0.0913. The number of aryl methyl sites for hydroxylation is 1. The van der Waals surface area contributed by atoms with Gasteiger partial charge in [0, 0.05) is 126 Å². The molecule has 11 rings (SSSR count). The number of hydrogen-bond acceptors (Lipinski definition) is 17. The Morgan fingerprint density at radius 3 is 2.25 bits per heavy atom. The lowest BCUT2D eigenvalue weighted by Gasteiger charge is -2.44. The summed E-state index contributed by atoms with van der Waals surface area (Å²) in [5, 5.41) is 14.3. The van der Waals surface area contributed by atoms with E-state index in [2.05, 4.69) is 67.7 Å². The number of methoxy groups -OCH3 is 1. The fourth-order valence-corrected chi connectivity index (χ4v) is 13.0. The molecule has 75 heavy (non-hydrogen) atoms. The highest BCUT2D eigenvalue weighted by molar-refractivity contribution is 7.71. The number of benzene rings is 3. The van der Waals surface area contributed by atoms with E-state index in [4.69, 9.17) is 21.3 Å². The molecule has 1 atom stereocenters. The predicted molar refractivity (Wildman–Crippen MR) is 289 cm³/mol. The molecule has 20 nitrogen and oxygen atoms in total. The van der Waals surface area contributed by atoms with Crippen LogP contribution >= 0.6 is 18.7 Å². The minimum Gasteiger partial charge on any atom is -0.494 e. The number of piperazine rings is 1. The first-order valence-electron chi connectivity index (χ1n) is 25.6. The van der Waals surface area contributed by atoms with E-state index < -0.39 is 30.9 Å². The molecule has 3 N–H and O–H groups in total. The highest BCUT2D eigenvalue weighted by atomic mass is 35.5. The molecule has 8 heterocycles. The van der Waals surface area contributed by atoms with Gasteiger partial charge in [0.05, 0.1) is 52.8 Å². The molecule has 390 valence electrons. The number of halogens is 1. The second kappa shape index (κ2) is 20.6. The fourth-order valence-electron chi connectivity index (χ4n) is 11.5. The average Bonchev–Trinajstić information content (AvgIpc) is 3.96. The van der Waals surface area contributed by atoms with Gasteiger partial charge in [-0.3, -0.25) is 48.9 Å². The first-order valence-corrected chi connectivity index (χ1v) is 28.6. The number of rotatable bonds is 13. The van der Waals surface area contributed by atoms with Gasteiger partial charge in [-0.1, -0.05) is 11.6 Å². The van der Waals surface area contributed by atoms with E-state index in [-0.39, 0.29) is 29.7 Å². The maximum absolute atomic E-state index is 13.6. The number of aromatic nitrogens is 6. The van der Waals surface area contributed by atoms with E-state index in [1.165, 1.54) is 6.20 Å². The van der Waals surface area contributed by atoms with E-state index in [1.807, 2.05) is 37.6 Å². The largest absolute Gasteiger partial charge is 0.494 e. The van der Waals surface area contributed by atoms with Gasteiger partial charge in [-0.15, -0.1) is 0 Å². The van der Waals surface area contributed by atoms with Crippen LogP contribution in [0.1, 0.15) is 59.2 Å². The van der Waals surface area contributed by atoms with Crippen molar-refractivity contribution < 1.29 is 28.5 Å². The van der Waals surface area contributed by atoms with Crippen LogP contribution < -0.4 is 35.8 Å². The van der Waals surface area contributed by atoms with Gasteiger partial charge in [-0.05, 0) is 87.7 Å². The first-order chi connectivity index (χ1) is 36.2. The molecule has 0 bridgehead atoms. The van der Waals surface area contributed by atoms with Crippen molar-refractivity contribution in [3.05, 3.63) is 89.6 Å². The molecule has 4 saturated heterocycles. The number of nitrogens with one attached hydrogen (secondary N) is 3. The number of anilines is 6. The molecule has 0 aliphatic carbocycles. The Morgan fingerprint density at radius 2 is 1.53 bits per heavy atom. The Kier molecular flexibility index (Phi) is 13.8. The molecule has 22 heteroatoms. The summed E-state index contributed by atoms with van der Waals surface area (Å²) in [4.78, 5) is 80.2. The van der Waals surface area contributed by atoms with E-state index in [0.717, 1.165) is 112 Å². The second-order valence-electron chi connectivity index (χ2n) is 20.5. The number of nitrogens with zero attached hydrogens (tertiary/aromatic N) is 11. The molecule has 6 aromatic rings. The zero-order valence-corrected chi connectivity index (χ0v) is 44.1. The van der Waals surface area contributed by atoms with Crippen molar-refractivity contribution in [2.75, 3.05) is 99.8 Å². The van der Waals surface area contributed by atoms with Crippen LogP contribution in [0.2, 0.25) is 5.02 Å². The Hall–Kier alpha value is -6.99. The summed E-state index contributed by atoms with van der Waals surface area (Å²) < 4.78 is 21.5. The van der Waals surface area contributed by atoms with Gasteiger partial charge in [-0.2, -0.15) is 10.1 Å².